The molecule has 4 rings (SSSR count). The largest absolute Gasteiger partial charge is 0.481 e. The normalized spacial score (nSPS) is 15.7. The van der Waals surface area contributed by atoms with Crippen LogP contribution in [0.15, 0.2) is 63.3 Å². The summed E-state index contributed by atoms with van der Waals surface area (Å²) in [6.45, 7) is 7.10. The van der Waals surface area contributed by atoms with Gasteiger partial charge in [-0.15, -0.1) is 0 Å². The van der Waals surface area contributed by atoms with Crippen molar-refractivity contribution in [3.05, 3.63) is 54.1 Å². The van der Waals surface area contributed by atoms with Gasteiger partial charge in [0.2, 0.25) is 0 Å². The van der Waals surface area contributed by atoms with Crippen molar-refractivity contribution >= 4 is 29.3 Å². The molecule has 0 atom stereocenters. The van der Waals surface area contributed by atoms with Crippen molar-refractivity contribution in [1.82, 2.24) is 9.80 Å². The SMILES string of the molecule is CC(=O)O.OCCOCCN1CCN(C2=Nc3ccccc3Sc3ccccc32)CC1. The quantitative estimate of drug-likeness (QED) is 0.687. The van der Waals surface area contributed by atoms with Gasteiger partial charge in [-0.1, -0.05) is 42.1 Å². The van der Waals surface area contributed by atoms with Gasteiger partial charge in [0.25, 0.3) is 5.97 Å². The molecule has 0 saturated carbocycles. The predicted molar refractivity (Wildman–Crippen MR) is 122 cm³/mol. The number of piperazine rings is 1. The van der Waals surface area contributed by atoms with Crippen LogP contribution in [0, 0.1) is 0 Å². The zero-order valence-electron chi connectivity index (χ0n) is 17.7. The number of aliphatic hydroxyl groups excluding tert-OH is 1. The van der Waals surface area contributed by atoms with Gasteiger partial charge < -0.3 is 19.8 Å². The molecule has 0 unspecified atom stereocenters. The van der Waals surface area contributed by atoms with E-state index in [0.29, 0.717) is 13.2 Å². The number of aliphatic hydroxyl groups is 1. The average molecular weight is 444 g/mol. The molecular weight excluding hydrogens is 414 g/mol. The first-order chi connectivity index (χ1) is 15.1. The van der Waals surface area contributed by atoms with Crippen molar-refractivity contribution in [2.45, 2.75) is 16.7 Å². The summed E-state index contributed by atoms with van der Waals surface area (Å²) in [6, 6.07) is 16.9. The summed E-state index contributed by atoms with van der Waals surface area (Å²) in [6.07, 6.45) is 0. The minimum Gasteiger partial charge on any atom is -0.481 e. The summed E-state index contributed by atoms with van der Waals surface area (Å²) in [5, 5.41) is 16.2. The van der Waals surface area contributed by atoms with Crippen molar-refractivity contribution in [2.75, 3.05) is 52.5 Å². The van der Waals surface area contributed by atoms with Crippen LogP contribution in [0.1, 0.15) is 12.5 Å². The molecule has 1 fully saturated rings. The van der Waals surface area contributed by atoms with Crippen LogP contribution in [0.2, 0.25) is 0 Å². The molecule has 0 bridgehead atoms. The zero-order valence-corrected chi connectivity index (χ0v) is 18.6. The maximum atomic E-state index is 9.00. The fourth-order valence-corrected chi connectivity index (χ4v) is 4.47. The number of hydrogen-bond donors (Lipinski definition) is 2. The third-order valence-electron chi connectivity index (χ3n) is 4.90. The summed E-state index contributed by atoms with van der Waals surface area (Å²) in [5.74, 6) is 0.249. The highest BCUT2D eigenvalue weighted by molar-refractivity contribution is 7.99. The summed E-state index contributed by atoms with van der Waals surface area (Å²) in [7, 11) is 0. The number of carboxylic acid groups (broad SMARTS) is 1. The summed E-state index contributed by atoms with van der Waals surface area (Å²) in [4.78, 5) is 21.4. The van der Waals surface area contributed by atoms with E-state index in [0.717, 1.165) is 51.2 Å². The van der Waals surface area contributed by atoms with Gasteiger partial charge in [0.05, 0.1) is 25.5 Å². The Morgan fingerprint density at radius 1 is 1.03 bits per heavy atom. The maximum absolute atomic E-state index is 9.00. The number of rotatable bonds is 5. The lowest BCUT2D eigenvalue weighted by Crippen LogP contribution is -2.49. The Kier molecular flexibility index (Phi) is 8.90. The maximum Gasteiger partial charge on any atom is 0.300 e. The number of fused-ring (bicyclic) bond motifs is 2. The minimum absolute atomic E-state index is 0.0898. The summed E-state index contributed by atoms with van der Waals surface area (Å²) >= 11 is 1.80. The summed E-state index contributed by atoms with van der Waals surface area (Å²) in [5.41, 5.74) is 2.27. The Hall–Kier alpha value is -2.39. The molecule has 2 aromatic rings. The number of carbonyl (C=O) groups is 1. The lowest BCUT2D eigenvalue weighted by molar-refractivity contribution is -0.134. The van der Waals surface area contributed by atoms with Crippen molar-refractivity contribution in [3.8, 4) is 0 Å². The number of ether oxygens (including phenoxy) is 1. The standard InChI is InChI=1S/C21H25N3O2S.C2H4O2/c25-14-16-26-15-13-23-9-11-24(12-10-23)21-17-5-1-3-7-19(17)27-20-8-4-2-6-18(20)22-21;1-2(3)4/h1-8,25H,9-16H2;1H3,(H,3,4). The molecule has 0 spiro atoms. The molecule has 166 valence electrons. The molecule has 0 radical (unpaired) electrons. The predicted octanol–water partition coefficient (Wildman–Crippen LogP) is 2.95. The molecule has 2 N–H and O–H groups in total. The molecule has 2 aromatic carbocycles. The van der Waals surface area contributed by atoms with Crippen LogP contribution in [0.3, 0.4) is 0 Å². The van der Waals surface area contributed by atoms with E-state index in [1.807, 2.05) is 0 Å². The van der Waals surface area contributed by atoms with E-state index in [1.54, 1.807) is 11.8 Å². The van der Waals surface area contributed by atoms with Gasteiger partial charge in [-0.2, -0.15) is 0 Å². The van der Waals surface area contributed by atoms with Gasteiger partial charge in [-0.25, -0.2) is 4.99 Å². The molecule has 2 aliphatic rings. The van der Waals surface area contributed by atoms with Crippen LogP contribution in [-0.4, -0.2) is 84.4 Å². The Balaban J connectivity index is 0.000000628. The Labute approximate surface area is 187 Å². The second-order valence-corrected chi connectivity index (χ2v) is 8.27. The number of nitrogens with zero attached hydrogens (tertiary/aromatic N) is 3. The molecule has 0 aromatic heterocycles. The summed E-state index contributed by atoms with van der Waals surface area (Å²) < 4.78 is 5.40. The van der Waals surface area contributed by atoms with Crippen LogP contribution >= 0.6 is 11.8 Å². The Bertz CT molecular complexity index is 894. The van der Waals surface area contributed by atoms with Crippen LogP contribution < -0.4 is 0 Å². The van der Waals surface area contributed by atoms with E-state index in [9.17, 15) is 0 Å². The fourth-order valence-electron chi connectivity index (χ4n) is 3.45. The van der Waals surface area contributed by atoms with E-state index in [2.05, 4.69) is 58.3 Å². The second-order valence-electron chi connectivity index (χ2n) is 7.19. The number of aliphatic imine (C=N–C) groups is 1. The van der Waals surface area contributed by atoms with Crippen molar-refractivity contribution in [3.63, 3.8) is 0 Å². The monoisotopic (exact) mass is 443 g/mol. The van der Waals surface area contributed by atoms with Gasteiger partial charge in [0.15, 0.2) is 0 Å². The van der Waals surface area contributed by atoms with Gasteiger partial charge in [-0.3, -0.25) is 9.69 Å². The number of benzene rings is 2. The highest BCUT2D eigenvalue weighted by atomic mass is 32.2. The lowest BCUT2D eigenvalue weighted by Gasteiger charge is -2.36. The highest BCUT2D eigenvalue weighted by Crippen LogP contribution is 2.40. The number of aliphatic carboxylic acids is 1. The molecule has 31 heavy (non-hydrogen) atoms. The molecule has 0 amide bonds. The number of amidine groups is 1. The van der Waals surface area contributed by atoms with E-state index in [-0.39, 0.29) is 6.61 Å². The van der Waals surface area contributed by atoms with E-state index < -0.39 is 5.97 Å². The number of carboxylic acids is 1. The molecule has 7 nitrogen and oxygen atoms in total. The van der Waals surface area contributed by atoms with Crippen molar-refractivity contribution in [2.24, 2.45) is 4.99 Å². The van der Waals surface area contributed by atoms with Crippen LogP contribution in [0.4, 0.5) is 5.69 Å². The number of hydrogen-bond acceptors (Lipinski definition) is 7. The molecule has 2 aliphatic heterocycles. The second kappa shape index (κ2) is 11.9. The third kappa shape index (κ3) is 6.80. The third-order valence-corrected chi connectivity index (χ3v) is 6.04. The molecule has 0 aliphatic carbocycles. The van der Waals surface area contributed by atoms with Gasteiger partial charge in [0, 0.05) is 55.0 Å². The average Bonchev–Trinajstić information content (AvgIpc) is 2.94. The van der Waals surface area contributed by atoms with Crippen LogP contribution in [0.25, 0.3) is 0 Å². The lowest BCUT2D eigenvalue weighted by atomic mass is 10.1. The Morgan fingerprint density at radius 2 is 1.68 bits per heavy atom. The first-order valence-corrected chi connectivity index (χ1v) is 11.2. The zero-order chi connectivity index (χ0) is 22.1. The van der Waals surface area contributed by atoms with E-state index in [1.165, 1.54) is 15.4 Å². The molecular formula is C23H29N3O4S. The van der Waals surface area contributed by atoms with E-state index in [4.69, 9.17) is 24.7 Å². The highest BCUT2D eigenvalue weighted by Gasteiger charge is 2.24. The molecule has 8 heteroatoms. The number of para-hydroxylation sites is 1. The fraction of sp³-hybridized carbons (Fsp3) is 0.391. The smallest absolute Gasteiger partial charge is 0.300 e. The van der Waals surface area contributed by atoms with Crippen molar-refractivity contribution < 1.29 is 19.7 Å². The van der Waals surface area contributed by atoms with Crippen LogP contribution in [0.5, 0.6) is 0 Å². The minimum atomic E-state index is -0.833. The van der Waals surface area contributed by atoms with Gasteiger partial charge >= 0.3 is 0 Å². The van der Waals surface area contributed by atoms with Gasteiger partial charge in [0.1, 0.15) is 5.84 Å². The molecule has 2 heterocycles. The van der Waals surface area contributed by atoms with E-state index >= 15 is 0 Å². The first-order valence-electron chi connectivity index (χ1n) is 10.4. The Morgan fingerprint density at radius 3 is 2.39 bits per heavy atom. The van der Waals surface area contributed by atoms with Gasteiger partial charge in [-0.05, 0) is 18.2 Å². The van der Waals surface area contributed by atoms with Crippen molar-refractivity contribution in [1.29, 1.82) is 0 Å². The first kappa shape index (κ1) is 23.3. The molecule has 1 saturated heterocycles. The topological polar surface area (TPSA) is 85.6 Å². The van der Waals surface area contributed by atoms with Crippen LogP contribution in [-0.2, 0) is 9.53 Å².